The number of carbonyl (C=O) groups is 2. The van der Waals surface area contributed by atoms with Crippen molar-refractivity contribution in [2.75, 3.05) is 5.32 Å². The molecule has 0 aliphatic carbocycles. The minimum Gasteiger partial charge on any atom is -0.352 e. The molecule has 23 heavy (non-hydrogen) atoms. The number of hydrogen-bond acceptors (Lipinski definition) is 2. The Hall–Kier alpha value is -2.89. The Labute approximate surface area is 133 Å². The second kappa shape index (κ2) is 7.40. The first-order chi connectivity index (χ1) is 11.0. The number of hydrogen-bond donors (Lipinski definition) is 3. The van der Waals surface area contributed by atoms with E-state index in [1.165, 1.54) is 24.3 Å². The largest absolute Gasteiger partial charge is 0.352 e. The minimum absolute atomic E-state index is 0.0190. The van der Waals surface area contributed by atoms with E-state index in [0.717, 1.165) is 11.1 Å². The van der Waals surface area contributed by atoms with Gasteiger partial charge in [0.1, 0.15) is 5.82 Å². The lowest BCUT2D eigenvalue weighted by Gasteiger charge is -2.19. The van der Waals surface area contributed by atoms with Gasteiger partial charge in [-0.1, -0.05) is 24.3 Å². The van der Waals surface area contributed by atoms with E-state index in [4.69, 9.17) is 5.73 Å². The summed E-state index contributed by atoms with van der Waals surface area (Å²) < 4.78 is 12.9. The molecule has 0 saturated carbocycles. The number of primary amides is 1. The van der Waals surface area contributed by atoms with Crippen molar-refractivity contribution in [2.45, 2.75) is 19.4 Å². The molecule has 2 aromatic rings. The molecular formula is C17H18FN3O2. The number of urea groups is 1. The Morgan fingerprint density at radius 2 is 1.78 bits per heavy atom. The van der Waals surface area contributed by atoms with Gasteiger partial charge >= 0.3 is 6.03 Å². The smallest absolute Gasteiger partial charge is 0.312 e. The maximum atomic E-state index is 12.9. The van der Waals surface area contributed by atoms with E-state index in [0.29, 0.717) is 5.69 Å². The molecule has 0 saturated heterocycles. The van der Waals surface area contributed by atoms with Crippen LogP contribution < -0.4 is 16.4 Å². The van der Waals surface area contributed by atoms with Gasteiger partial charge in [0.05, 0.1) is 12.5 Å². The lowest BCUT2D eigenvalue weighted by atomic mass is 9.98. The predicted octanol–water partition coefficient (Wildman–Crippen LogP) is 2.87. The molecule has 0 fully saturated rings. The molecule has 0 aliphatic heterocycles. The van der Waals surface area contributed by atoms with Crippen molar-refractivity contribution >= 4 is 17.6 Å². The van der Waals surface area contributed by atoms with Gasteiger partial charge in [0, 0.05) is 5.69 Å². The molecule has 0 aromatic heterocycles. The second-order valence-corrected chi connectivity index (χ2v) is 5.18. The van der Waals surface area contributed by atoms with Crippen molar-refractivity contribution in [1.29, 1.82) is 0 Å². The normalized spacial score (nSPS) is 11.6. The molecule has 0 radical (unpaired) electrons. The van der Waals surface area contributed by atoms with Gasteiger partial charge in [-0.3, -0.25) is 4.79 Å². The summed E-state index contributed by atoms with van der Waals surface area (Å²) in [6.07, 6.45) is 0.0190. The molecule has 1 atom stereocenters. The van der Waals surface area contributed by atoms with Gasteiger partial charge in [0.25, 0.3) is 0 Å². The zero-order valence-electron chi connectivity index (χ0n) is 12.7. The highest BCUT2D eigenvalue weighted by atomic mass is 19.1. The molecule has 6 heteroatoms. The maximum Gasteiger partial charge on any atom is 0.312 e. The second-order valence-electron chi connectivity index (χ2n) is 5.18. The lowest BCUT2D eigenvalue weighted by Crippen LogP contribution is -2.35. The van der Waals surface area contributed by atoms with Crippen LogP contribution in [0.4, 0.5) is 14.9 Å². The van der Waals surface area contributed by atoms with E-state index in [1.807, 2.05) is 31.2 Å². The molecule has 0 heterocycles. The third-order valence-corrected chi connectivity index (χ3v) is 3.40. The van der Waals surface area contributed by atoms with Crippen LogP contribution in [0.2, 0.25) is 0 Å². The Morgan fingerprint density at radius 1 is 1.13 bits per heavy atom. The highest BCUT2D eigenvalue weighted by Crippen LogP contribution is 2.21. The fourth-order valence-corrected chi connectivity index (χ4v) is 2.32. The maximum absolute atomic E-state index is 12.9. The first-order valence-corrected chi connectivity index (χ1v) is 7.12. The molecule has 120 valence electrons. The molecular weight excluding hydrogens is 297 g/mol. The lowest BCUT2D eigenvalue weighted by molar-refractivity contribution is -0.116. The van der Waals surface area contributed by atoms with Crippen LogP contribution in [0.15, 0.2) is 48.5 Å². The molecule has 3 amide bonds. The van der Waals surface area contributed by atoms with Crippen LogP contribution in [-0.4, -0.2) is 11.9 Å². The fraction of sp³-hybridized carbons (Fsp3) is 0.176. The molecule has 2 aromatic carbocycles. The van der Waals surface area contributed by atoms with Gasteiger partial charge in [0.15, 0.2) is 0 Å². The van der Waals surface area contributed by atoms with Crippen LogP contribution in [0, 0.1) is 12.7 Å². The van der Waals surface area contributed by atoms with Crippen LogP contribution in [-0.2, 0) is 4.79 Å². The van der Waals surface area contributed by atoms with Crippen LogP contribution >= 0.6 is 0 Å². The molecule has 0 aliphatic rings. The van der Waals surface area contributed by atoms with E-state index in [-0.39, 0.29) is 18.1 Å². The Bertz CT molecular complexity index is 701. The number of nitrogens with two attached hydrogens (primary N) is 1. The summed E-state index contributed by atoms with van der Waals surface area (Å²) in [4.78, 5) is 23.4. The molecule has 0 spiro atoms. The van der Waals surface area contributed by atoms with Gasteiger partial charge in [-0.2, -0.15) is 0 Å². The van der Waals surface area contributed by atoms with E-state index in [1.54, 1.807) is 0 Å². The van der Waals surface area contributed by atoms with E-state index in [9.17, 15) is 14.0 Å². The molecule has 1 unspecified atom stereocenters. The minimum atomic E-state index is -0.701. The number of anilines is 1. The van der Waals surface area contributed by atoms with Crippen molar-refractivity contribution < 1.29 is 14.0 Å². The van der Waals surface area contributed by atoms with Crippen molar-refractivity contribution in [2.24, 2.45) is 5.73 Å². The number of benzene rings is 2. The highest BCUT2D eigenvalue weighted by molar-refractivity contribution is 5.91. The molecule has 4 N–H and O–H groups in total. The van der Waals surface area contributed by atoms with Gasteiger partial charge in [0.2, 0.25) is 5.91 Å². The van der Waals surface area contributed by atoms with Crippen LogP contribution in [0.5, 0.6) is 0 Å². The number of aryl methyl sites for hydroxylation is 1. The Kier molecular flexibility index (Phi) is 5.30. The molecule has 0 bridgehead atoms. The quantitative estimate of drug-likeness (QED) is 0.792. The van der Waals surface area contributed by atoms with Crippen molar-refractivity contribution in [1.82, 2.24) is 5.32 Å². The van der Waals surface area contributed by atoms with Crippen LogP contribution in [0.3, 0.4) is 0 Å². The van der Waals surface area contributed by atoms with Crippen LogP contribution in [0.25, 0.3) is 0 Å². The van der Waals surface area contributed by atoms with E-state index in [2.05, 4.69) is 10.6 Å². The average molecular weight is 315 g/mol. The SMILES string of the molecule is Cc1ccccc1C(CC(=O)Nc1ccc(F)cc1)NC(N)=O. The van der Waals surface area contributed by atoms with Crippen LogP contribution in [0.1, 0.15) is 23.6 Å². The first-order valence-electron chi connectivity index (χ1n) is 7.12. The van der Waals surface area contributed by atoms with Crippen molar-refractivity contribution in [3.05, 3.63) is 65.5 Å². The van der Waals surface area contributed by atoms with E-state index >= 15 is 0 Å². The summed E-state index contributed by atoms with van der Waals surface area (Å²) in [5.74, 6) is -0.685. The fourth-order valence-electron chi connectivity index (χ4n) is 2.32. The number of carbonyl (C=O) groups excluding carboxylic acids is 2. The standard InChI is InChI=1S/C17H18FN3O2/c1-11-4-2-3-5-14(11)15(21-17(19)23)10-16(22)20-13-8-6-12(18)7-9-13/h2-9,15H,10H2,1H3,(H,20,22)(H3,19,21,23). The highest BCUT2D eigenvalue weighted by Gasteiger charge is 2.19. The zero-order chi connectivity index (χ0) is 16.8. The number of nitrogens with one attached hydrogen (secondary N) is 2. The number of halogens is 1. The topological polar surface area (TPSA) is 84.2 Å². The summed E-state index contributed by atoms with van der Waals surface area (Å²) in [7, 11) is 0. The summed E-state index contributed by atoms with van der Waals surface area (Å²) in [5, 5.41) is 5.25. The van der Waals surface area contributed by atoms with Gasteiger partial charge < -0.3 is 16.4 Å². The number of rotatable bonds is 5. The Morgan fingerprint density at radius 3 is 2.39 bits per heavy atom. The van der Waals surface area contributed by atoms with Crippen molar-refractivity contribution in [3.8, 4) is 0 Å². The van der Waals surface area contributed by atoms with Gasteiger partial charge in [-0.15, -0.1) is 0 Å². The Balaban J connectivity index is 2.11. The average Bonchev–Trinajstić information content (AvgIpc) is 2.49. The predicted molar refractivity (Wildman–Crippen MR) is 86.3 cm³/mol. The monoisotopic (exact) mass is 315 g/mol. The number of amides is 3. The van der Waals surface area contributed by atoms with Gasteiger partial charge in [-0.05, 0) is 42.3 Å². The summed E-state index contributed by atoms with van der Waals surface area (Å²) in [6.45, 7) is 1.89. The summed E-state index contributed by atoms with van der Waals surface area (Å²) in [5.41, 5.74) is 7.45. The van der Waals surface area contributed by atoms with E-state index < -0.39 is 12.1 Å². The summed E-state index contributed by atoms with van der Waals surface area (Å²) >= 11 is 0. The summed E-state index contributed by atoms with van der Waals surface area (Å²) in [6, 6.07) is 11.7. The molecule has 2 rings (SSSR count). The molecule has 5 nitrogen and oxygen atoms in total. The third-order valence-electron chi connectivity index (χ3n) is 3.40. The zero-order valence-corrected chi connectivity index (χ0v) is 12.7. The van der Waals surface area contributed by atoms with Gasteiger partial charge in [-0.25, -0.2) is 9.18 Å². The first kappa shape index (κ1) is 16.5. The third kappa shape index (κ3) is 4.81. The van der Waals surface area contributed by atoms with Crippen molar-refractivity contribution in [3.63, 3.8) is 0 Å².